The normalized spacial score (nSPS) is 13.5. The van der Waals surface area contributed by atoms with Crippen LogP contribution in [0.25, 0.3) is 20.2 Å². The molecule has 0 unspecified atom stereocenters. The van der Waals surface area contributed by atoms with Gasteiger partial charge < -0.3 is 0 Å². The van der Waals surface area contributed by atoms with E-state index in [0.717, 1.165) is 0 Å². The van der Waals surface area contributed by atoms with E-state index in [1.165, 1.54) is 10.1 Å². The van der Waals surface area contributed by atoms with Crippen LogP contribution in [0.5, 0.6) is 0 Å². The van der Waals surface area contributed by atoms with Crippen molar-refractivity contribution in [3.05, 3.63) is 23.6 Å². The van der Waals surface area contributed by atoms with E-state index in [4.69, 9.17) is 0 Å². The summed E-state index contributed by atoms with van der Waals surface area (Å²) in [5, 5.41) is 5.25. The van der Waals surface area contributed by atoms with Crippen molar-refractivity contribution in [2.24, 2.45) is 0 Å². The van der Waals surface area contributed by atoms with Crippen molar-refractivity contribution in [3.63, 3.8) is 0 Å². The molecule has 0 nitrogen and oxygen atoms in total. The van der Waals surface area contributed by atoms with E-state index < -0.39 is 36.8 Å². The van der Waals surface area contributed by atoms with E-state index in [1.54, 1.807) is 10.1 Å². The number of fused-ring (bicyclic) bond motifs is 2. The van der Waals surface area contributed by atoms with Gasteiger partial charge in [0, 0.05) is 0 Å². The van der Waals surface area contributed by atoms with Crippen molar-refractivity contribution < 1.29 is 0 Å². The third-order valence-electron chi connectivity index (χ3n) is 3.69. The minimum atomic E-state index is -2.09. The molecule has 0 aliphatic heterocycles. The molecule has 0 saturated heterocycles. The summed E-state index contributed by atoms with van der Waals surface area (Å²) in [7, 11) is 0. The van der Waals surface area contributed by atoms with E-state index >= 15 is 0 Å². The Morgan fingerprint density at radius 2 is 1.55 bits per heavy atom. The Kier molecular flexibility index (Phi) is 4.01. The molecule has 0 atom stereocenters. The quantitative estimate of drug-likeness (QED) is 0.411. The number of thiophene rings is 2. The molecule has 2 heterocycles. The first-order chi connectivity index (χ1) is 9.18. The van der Waals surface area contributed by atoms with Crippen LogP contribution in [0.1, 0.15) is 0 Å². The fourth-order valence-electron chi connectivity index (χ4n) is 2.82. The van der Waals surface area contributed by atoms with E-state index in [2.05, 4.69) is 64.6 Å². The molecule has 1 aromatic carbocycles. The Morgan fingerprint density at radius 1 is 0.850 bits per heavy atom. The van der Waals surface area contributed by atoms with Gasteiger partial charge in [-0.25, -0.2) is 0 Å². The zero-order valence-corrected chi connectivity index (χ0v) is 20.5. The first kappa shape index (κ1) is 15.6. The van der Waals surface area contributed by atoms with Crippen LogP contribution in [0.15, 0.2) is 23.6 Å². The van der Waals surface area contributed by atoms with Crippen molar-refractivity contribution in [3.8, 4) is 0 Å². The predicted octanol–water partition coefficient (Wildman–Crippen LogP) is 5.21. The van der Waals surface area contributed by atoms with Crippen LogP contribution in [0.3, 0.4) is 0 Å². The van der Waals surface area contributed by atoms with Crippen LogP contribution in [0.4, 0.5) is 0 Å². The first-order valence-electron chi connectivity index (χ1n) is 7.12. The van der Waals surface area contributed by atoms with E-state index in [-0.39, 0.29) is 0 Å². The average Bonchev–Trinajstić information content (AvgIpc) is 2.85. The van der Waals surface area contributed by atoms with Gasteiger partial charge in [0.2, 0.25) is 0 Å². The summed E-state index contributed by atoms with van der Waals surface area (Å²) in [6, 6.07) is 7.19. The number of rotatable bonds is 2. The summed E-state index contributed by atoms with van der Waals surface area (Å²) in [6.45, 7) is 0. The second-order valence-electron chi connectivity index (χ2n) is 7.61. The molecule has 0 amide bonds. The molecular weight excluding hydrogens is 494 g/mol. The fourth-order valence-corrected chi connectivity index (χ4v) is 32.9. The van der Waals surface area contributed by atoms with E-state index in [0.29, 0.717) is 0 Å². The van der Waals surface area contributed by atoms with Crippen molar-refractivity contribution in [1.29, 1.82) is 0 Å². The summed E-state index contributed by atoms with van der Waals surface area (Å²) < 4.78 is 6.69. The summed E-state index contributed by atoms with van der Waals surface area (Å²) in [6.07, 6.45) is 0. The second kappa shape index (κ2) is 5.13. The Morgan fingerprint density at radius 3 is 2.15 bits per heavy atom. The Hall–Kier alpha value is 0.737. The summed E-state index contributed by atoms with van der Waals surface area (Å²) >= 11 is -0.103. The van der Waals surface area contributed by atoms with Crippen molar-refractivity contribution in [2.75, 3.05) is 0 Å². The van der Waals surface area contributed by atoms with Crippen LogP contribution < -0.4 is 6.47 Å². The molecule has 0 aliphatic rings. The van der Waals surface area contributed by atoms with Gasteiger partial charge in [-0.3, -0.25) is 0 Å². The number of hydrogen-bond donors (Lipinski definition) is 0. The molecule has 4 heteroatoms. The minimum absolute atomic E-state index is 1.43. The summed E-state index contributed by atoms with van der Waals surface area (Å²) in [4.78, 5) is 15.5. The maximum absolute atomic E-state index is 2.58. The SMILES string of the molecule is [CH3][Sn]([CH3])([CH3])[c]1sc2cc3ccsc3cc2[c]1[Sn]([CH3])([CH3])[CH3]. The molecule has 0 radical (unpaired) electrons. The summed E-state index contributed by atoms with van der Waals surface area (Å²) in [5.41, 5.74) is 0. The summed E-state index contributed by atoms with van der Waals surface area (Å²) in [5.74, 6) is 0. The molecular formula is C16H22S2Sn2. The van der Waals surface area contributed by atoms with Gasteiger partial charge in [0.1, 0.15) is 0 Å². The Balaban J connectivity index is 2.45. The van der Waals surface area contributed by atoms with Crippen LogP contribution >= 0.6 is 22.7 Å². The molecule has 3 rings (SSSR count). The third kappa shape index (κ3) is 2.70. The molecule has 2 aromatic heterocycles. The molecule has 0 N–H and O–H groups in total. The van der Waals surface area contributed by atoms with Gasteiger partial charge >= 0.3 is 139 Å². The zero-order valence-electron chi connectivity index (χ0n) is 13.1. The second-order valence-corrected chi connectivity index (χ2v) is 39.2. The maximum atomic E-state index is 2.58. The number of benzene rings is 1. The van der Waals surface area contributed by atoms with Gasteiger partial charge in [-0.15, -0.1) is 0 Å². The monoisotopic (exact) mass is 518 g/mol. The van der Waals surface area contributed by atoms with Gasteiger partial charge in [-0.1, -0.05) is 0 Å². The molecule has 0 aliphatic carbocycles. The molecule has 0 saturated carbocycles. The Labute approximate surface area is 137 Å². The fraction of sp³-hybridized carbons (Fsp3) is 0.375. The molecule has 0 bridgehead atoms. The van der Waals surface area contributed by atoms with E-state index in [1.807, 2.05) is 17.8 Å². The third-order valence-corrected chi connectivity index (χ3v) is 23.4. The van der Waals surface area contributed by atoms with Crippen molar-refractivity contribution in [2.45, 2.75) is 29.6 Å². The topological polar surface area (TPSA) is 0 Å². The molecule has 106 valence electrons. The van der Waals surface area contributed by atoms with Gasteiger partial charge in [0.05, 0.1) is 0 Å². The van der Waals surface area contributed by atoms with Crippen LogP contribution in [-0.2, 0) is 0 Å². The molecule has 20 heavy (non-hydrogen) atoms. The molecule has 3 aromatic rings. The van der Waals surface area contributed by atoms with Gasteiger partial charge in [-0.05, 0) is 0 Å². The van der Waals surface area contributed by atoms with Crippen molar-refractivity contribution in [1.82, 2.24) is 0 Å². The van der Waals surface area contributed by atoms with Gasteiger partial charge in [0.25, 0.3) is 0 Å². The molecule has 0 spiro atoms. The first-order valence-corrected chi connectivity index (χ1v) is 28.8. The molecule has 0 fully saturated rings. The van der Waals surface area contributed by atoms with Crippen LogP contribution in [0.2, 0.25) is 29.6 Å². The predicted molar refractivity (Wildman–Crippen MR) is 103 cm³/mol. The average molecular weight is 516 g/mol. The van der Waals surface area contributed by atoms with Gasteiger partial charge in [-0.2, -0.15) is 0 Å². The number of hydrogen-bond acceptors (Lipinski definition) is 2. The zero-order chi connectivity index (χ0) is 14.7. The standard InChI is InChI=1S/C10H4S2.6CH3.2Sn/c1-3-11-9-6-8-2-4-12-10(8)5-7(1)9;;;;;;;;/h1,3,5-6H;6*1H3;;. The van der Waals surface area contributed by atoms with E-state index in [9.17, 15) is 0 Å². The van der Waals surface area contributed by atoms with Crippen molar-refractivity contribution >= 4 is 86.1 Å². The van der Waals surface area contributed by atoms with Crippen LogP contribution in [0, 0.1) is 0 Å². The Bertz CT molecular complexity index is 782. The van der Waals surface area contributed by atoms with Crippen LogP contribution in [-0.4, -0.2) is 36.8 Å². The van der Waals surface area contributed by atoms with Gasteiger partial charge in [0.15, 0.2) is 0 Å².